The molecule has 0 radical (unpaired) electrons. The van der Waals surface area contributed by atoms with E-state index in [1.54, 1.807) is 0 Å². The van der Waals surface area contributed by atoms with E-state index >= 15 is 0 Å². The topological polar surface area (TPSA) is 23.5 Å². The van der Waals surface area contributed by atoms with Gasteiger partial charge in [0.1, 0.15) is 5.75 Å². The number of hydrogen-bond acceptors (Lipinski definition) is 2. The molecule has 2 rings (SSSR count). The van der Waals surface area contributed by atoms with Crippen molar-refractivity contribution in [3.8, 4) is 5.75 Å². The third-order valence-corrected chi connectivity index (χ3v) is 4.99. The Balaban J connectivity index is 2.51. The van der Waals surface area contributed by atoms with Crippen molar-refractivity contribution in [3.63, 3.8) is 0 Å². The summed E-state index contributed by atoms with van der Waals surface area (Å²) in [6, 6.07) is 4.73. The summed E-state index contributed by atoms with van der Waals surface area (Å²) in [4.78, 5) is 2.38. The predicted octanol–water partition coefficient (Wildman–Crippen LogP) is 4.48. The highest BCUT2D eigenvalue weighted by molar-refractivity contribution is 5.65. The summed E-state index contributed by atoms with van der Waals surface area (Å²) >= 11 is 0. The lowest BCUT2D eigenvalue weighted by atomic mass is 9.85. The minimum Gasteiger partial charge on any atom is -0.505 e. The normalized spacial score (nSPS) is 27.1. The maximum atomic E-state index is 10.8. The number of aromatic hydroxyl groups is 1. The molecule has 1 aromatic rings. The molecule has 0 amide bonds. The van der Waals surface area contributed by atoms with E-state index in [1.807, 2.05) is 0 Å². The Bertz CT molecular complexity index is 501. The number of nitrogens with zero attached hydrogens (tertiary/aromatic N) is 1. The van der Waals surface area contributed by atoms with Gasteiger partial charge in [0.25, 0.3) is 0 Å². The maximum absolute atomic E-state index is 10.8. The van der Waals surface area contributed by atoms with Crippen molar-refractivity contribution in [3.05, 3.63) is 23.3 Å². The van der Waals surface area contributed by atoms with Gasteiger partial charge in [0.15, 0.2) is 0 Å². The van der Waals surface area contributed by atoms with Gasteiger partial charge in [-0.3, -0.25) is 0 Å². The molecule has 20 heavy (non-hydrogen) atoms. The van der Waals surface area contributed by atoms with Crippen LogP contribution in [-0.2, 0) is 5.41 Å². The molecular formula is C18H29NO. The lowest BCUT2D eigenvalue weighted by Gasteiger charge is -2.30. The van der Waals surface area contributed by atoms with Gasteiger partial charge in [-0.2, -0.15) is 0 Å². The molecule has 1 heterocycles. The Morgan fingerprint density at radius 3 is 2.20 bits per heavy atom. The fourth-order valence-corrected chi connectivity index (χ4v) is 3.27. The molecule has 1 aliphatic heterocycles. The van der Waals surface area contributed by atoms with Crippen molar-refractivity contribution in [1.82, 2.24) is 0 Å². The van der Waals surface area contributed by atoms with E-state index in [1.165, 1.54) is 5.56 Å². The Morgan fingerprint density at radius 2 is 1.75 bits per heavy atom. The number of rotatable bonds is 1. The Morgan fingerprint density at radius 1 is 1.15 bits per heavy atom. The number of phenolic OH excluding ortho intramolecular Hbond substituents is 1. The van der Waals surface area contributed by atoms with Gasteiger partial charge < -0.3 is 10.0 Å². The molecule has 1 saturated heterocycles. The zero-order chi connectivity index (χ0) is 15.2. The Hall–Kier alpha value is -1.18. The quantitative estimate of drug-likeness (QED) is 0.817. The van der Waals surface area contributed by atoms with Crippen molar-refractivity contribution >= 4 is 5.69 Å². The van der Waals surface area contributed by atoms with E-state index < -0.39 is 0 Å². The van der Waals surface area contributed by atoms with Crippen LogP contribution in [0.5, 0.6) is 5.75 Å². The highest BCUT2D eigenvalue weighted by Gasteiger charge is 2.35. The highest BCUT2D eigenvalue weighted by Crippen LogP contribution is 2.43. The third kappa shape index (κ3) is 2.53. The summed E-state index contributed by atoms with van der Waals surface area (Å²) in [5.74, 6) is 1.80. The van der Waals surface area contributed by atoms with E-state index in [2.05, 4.69) is 65.5 Å². The summed E-state index contributed by atoms with van der Waals surface area (Å²) in [6.45, 7) is 16.5. The van der Waals surface area contributed by atoms with E-state index in [4.69, 9.17) is 0 Å². The van der Waals surface area contributed by atoms with Crippen LogP contribution in [0.1, 0.15) is 52.7 Å². The first kappa shape index (κ1) is 15.2. The molecule has 0 bridgehead atoms. The molecule has 1 fully saturated rings. The van der Waals surface area contributed by atoms with Crippen LogP contribution in [0.3, 0.4) is 0 Å². The van der Waals surface area contributed by atoms with Gasteiger partial charge in [0.05, 0.1) is 5.69 Å². The zero-order valence-electron chi connectivity index (χ0n) is 14.0. The molecule has 0 aromatic heterocycles. The molecule has 0 saturated carbocycles. The molecule has 0 aliphatic carbocycles. The van der Waals surface area contributed by atoms with Gasteiger partial charge in [-0.15, -0.1) is 0 Å². The molecular weight excluding hydrogens is 246 g/mol. The van der Waals surface area contributed by atoms with Crippen molar-refractivity contribution in [1.29, 1.82) is 0 Å². The zero-order valence-corrected chi connectivity index (χ0v) is 14.0. The van der Waals surface area contributed by atoms with Crippen LogP contribution >= 0.6 is 0 Å². The van der Waals surface area contributed by atoms with Gasteiger partial charge in [-0.25, -0.2) is 0 Å². The lowest BCUT2D eigenvalue weighted by Crippen LogP contribution is -2.29. The Kier molecular flexibility index (Phi) is 3.79. The van der Waals surface area contributed by atoms with Crippen molar-refractivity contribution in [2.75, 3.05) is 11.4 Å². The first-order valence-corrected chi connectivity index (χ1v) is 7.73. The predicted molar refractivity (Wildman–Crippen MR) is 86.7 cm³/mol. The van der Waals surface area contributed by atoms with Crippen molar-refractivity contribution < 1.29 is 5.11 Å². The second kappa shape index (κ2) is 4.98. The molecule has 1 N–H and O–H groups in total. The van der Waals surface area contributed by atoms with Gasteiger partial charge >= 0.3 is 0 Å². The minimum atomic E-state index is -0.0367. The van der Waals surface area contributed by atoms with E-state index in [9.17, 15) is 5.11 Å². The van der Waals surface area contributed by atoms with Crippen LogP contribution in [0.15, 0.2) is 12.1 Å². The monoisotopic (exact) mass is 275 g/mol. The van der Waals surface area contributed by atoms with E-state index in [-0.39, 0.29) is 5.41 Å². The average molecular weight is 275 g/mol. The maximum Gasteiger partial charge on any atom is 0.142 e. The van der Waals surface area contributed by atoms with Crippen LogP contribution < -0.4 is 4.90 Å². The minimum absolute atomic E-state index is 0.0367. The summed E-state index contributed by atoms with van der Waals surface area (Å²) in [5.41, 5.74) is 3.25. The fourth-order valence-electron chi connectivity index (χ4n) is 3.27. The molecule has 3 atom stereocenters. The first-order valence-electron chi connectivity index (χ1n) is 7.73. The molecule has 2 nitrogen and oxygen atoms in total. The molecule has 1 unspecified atom stereocenters. The number of aryl methyl sites for hydroxylation is 1. The Labute approximate surface area is 123 Å². The number of anilines is 1. The molecule has 0 spiro atoms. The largest absolute Gasteiger partial charge is 0.505 e. The summed E-state index contributed by atoms with van der Waals surface area (Å²) in [5, 5.41) is 10.8. The smallest absolute Gasteiger partial charge is 0.142 e. The second-order valence-corrected chi connectivity index (χ2v) is 7.66. The summed E-state index contributed by atoms with van der Waals surface area (Å²) in [6.07, 6.45) is 0. The molecule has 112 valence electrons. The second-order valence-electron chi connectivity index (χ2n) is 7.66. The van der Waals surface area contributed by atoms with Crippen LogP contribution in [0.2, 0.25) is 0 Å². The van der Waals surface area contributed by atoms with Crippen molar-refractivity contribution in [2.24, 2.45) is 11.8 Å². The summed E-state index contributed by atoms with van der Waals surface area (Å²) < 4.78 is 0. The van der Waals surface area contributed by atoms with E-state index in [0.29, 0.717) is 23.6 Å². The molecule has 2 heteroatoms. The van der Waals surface area contributed by atoms with Crippen molar-refractivity contribution in [2.45, 2.75) is 59.9 Å². The fraction of sp³-hybridized carbons (Fsp3) is 0.667. The average Bonchev–Trinajstić information content (AvgIpc) is 2.58. The number of benzene rings is 1. The molecule has 1 aromatic carbocycles. The van der Waals surface area contributed by atoms with Gasteiger partial charge in [-0.05, 0) is 42.7 Å². The lowest BCUT2D eigenvalue weighted by molar-refractivity contribution is 0.435. The first-order chi connectivity index (χ1) is 9.12. The number of phenols is 1. The van der Waals surface area contributed by atoms with Crippen LogP contribution in [0.4, 0.5) is 5.69 Å². The van der Waals surface area contributed by atoms with Crippen LogP contribution in [0.25, 0.3) is 0 Å². The highest BCUT2D eigenvalue weighted by atomic mass is 16.3. The SMILES string of the molecule is Cc1cc(N2C[C@H](C)C(C)[C@@H]2C)c(O)c(C(C)(C)C)c1. The van der Waals surface area contributed by atoms with Gasteiger partial charge in [0.2, 0.25) is 0 Å². The van der Waals surface area contributed by atoms with E-state index in [0.717, 1.165) is 17.8 Å². The van der Waals surface area contributed by atoms with Crippen LogP contribution in [-0.4, -0.2) is 17.7 Å². The molecule has 1 aliphatic rings. The van der Waals surface area contributed by atoms with Crippen LogP contribution in [0, 0.1) is 18.8 Å². The third-order valence-electron chi connectivity index (χ3n) is 4.99. The summed E-state index contributed by atoms with van der Waals surface area (Å²) in [7, 11) is 0. The van der Waals surface area contributed by atoms with Gasteiger partial charge in [0, 0.05) is 18.2 Å². The van der Waals surface area contributed by atoms with Gasteiger partial charge in [-0.1, -0.05) is 40.7 Å². The number of hydrogen-bond donors (Lipinski definition) is 1. The standard InChI is InChI=1S/C18H29NO/c1-11-8-15(18(5,6)7)17(20)16(9-11)19-10-12(2)13(3)14(19)4/h8-9,12-14,20H,10H2,1-7H3/t12-,13?,14-/m0/s1.